The number of likely N-dealkylation sites (N-methyl/N-ethyl adjacent to an activating group) is 1. The van der Waals surface area contributed by atoms with Gasteiger partial charge in [-0.3, -0.25) is 9.78 Å². The minimum Gasteiger partial charge on any atom is -0.369 e. The molecule has 1 N–H and O–H groups in total. The normalized spacial score (nSPS) is 14.3. The average Bonchev–Trinajstić information content (AvgIpc) is 2.72. The van der Waals surface area contributed by atoms with Crippen LogP contribution < -0.4 is 10.2 Å². The van der Waals surface area contributed by atoms with Crippen LogP contribution in [0.4, 0.5) is 5.69 Å². The van der Waals surface area contributed by atoms with Gasteiger partial charge in [-0.25, -0.2) is 0 Å². The van der Waals surface area contributed by atoms with E-state index in [-0.39, 0.29) is 5.91 Å². The van der Waals surface area contributed by atoms with E-state index in [1.807, 2.05) is 37.4 Å². The number of carbonyl (C=O) groups excluding carboxylic acids is 1. The molecular formula is C21H28N4O. The summed E-state index contributed by atoms with van der Waals surface area (Å²) in [4.78, 5) is 21.4. The number of pyridine rings is 1. The molecular weight excluding hydrogens is 324 g/mol. The van der Waals surface area contributed by atoms with Crippen molar-refractivity contribution in [1.29, 1.82) is 0 Å². The predicted octanol–water partition coefficient (Wildman–Crippen LogP) is 2.37. The summed E-state index contributed by atoms with van der Waals surface area (Å²) in [5.41, 5.74) is 4.16. The van der Waals surface area contributed by atoms with Crippen LogP contribution in [0.3, 0.4) is 0 Å². The van der Waals surface area contributed by atoms with Gasteiger partial charge in [0.05, 0.1) is 0 Å². The number of aryl methyl sites for hydroxylation is 1. The first-order valence-electron chi connectivity index (χ1n) is 9.42. The summed E-state index contributed by atoms with van der Waals surface area (Å²) in [6.07, 6.45) is 3.49. The van der Waals surface area contributed by atoms with Gasteiger partial charge >= 0.3 is 0 Å². The Kier molecular flexibility index (Phi) is 6.23. The first-order valence-corrected chi connectivity index (χ1v) is 9.42. The van der Waals surface area contributed by atoms with Crippen molar-refractivity contribution in [3.63, 3.8) is 0 Å². The van der Waals surface area contributed by atoms with Gasteiger partial charge < -0.3 is 15.1 Å². The highest BCUT2D eigenvalue weighted by Crippen LogP contribution is 2.21. The Morgan fingerprint density at radius 2 is 2.04 bits per heavy atom. The molecule has 2 heterocycles. The Balaban J connectivity index is 1.72. The van der Waals surface area contributed by atoms with Gasteiger partial charge in [0, 0.05) is 69.3 Å². The highest BCUT2D eigenvalue weighted by molar-refractivity contribution is 5.95. The Bertz CT molecular complexity index is 726. The molecule has 1 aliphatic rings. The third-order valence-electron chi connectivity index (χ3n) is 4.89. The summed E-state index contributed by atoms with van der Waals surface area (Å²) in [7, 11) is 1.87. The van der Waals surface area contributed by atoms with Gasteiger partial charge in [0.1, 0.15) is 0 Å². The van der Waals surface area contributed by atoms with Crippen molar-refractivity contribution in [1.82, 2.24) is 15.2 Å². The number of piperazine rings is 1. The zero-order valence-corrected chi connectivity index (χ0v) is 15.7. The van der Waals surface area contributed by atoms with Gasteiger partial charge in [-0.1, -0.05) is 13.0 Å². The van der Waals surface area contributed by atoms with Crippen molar-refractivity contribution >= 4 is 11.6 Å². The summed E-state index contributed by atoms with van der Waals surface area (Å²) in [6.45, 7) is 6.74. The molecule has 1 amide bonds. The molecule has 26 heavy (non-hydrogen) atoms. The number of amides is 1. The molecule has 138 valence electrons. The van der Waals surface area contributed by atoms with Crippen LogP contribution in [0.25, 0.3) is 0 Å². The zero-order chi connectivity index (χ0) is 18.4. The molecule has 0 atom stereocenters. The number of nitrogens with one attached hydrogen (secondary N) is 1. The molecule has 5 heteroatoms. The number of benzene rings is 1. The van der Waals surface area contributed by atoms with Crippen molar-refractivity contribution in [2.24, 2.45) is 0 Å². The second-order valence-corrected chi connectivity index (χ2v) is 6.78. The number of anilines is 1. The second kappa shape index (κ2) is 8.81. The molecule has 1 aromatic carbocycles. The van der Waals surface area contributed by atoms with Crippen molar-refractivity contribution in [2.75, 3.05) is 44.7 Å². The van der Waals surface area contributed by atoms with Crippen molar-refractivity contribution in [3.05, 3.63) is 59.4 Å². The molecule has 0 unspecified atom stereocenters. The Labute approximate surface area is 156 Å². The van der Waals surface area contributed by atoms with E-state index in [9.17, 15) is 4.79 Å². The Morgan fingerprint density at radius 3 is 2.73 bits per heavy atom. The van der Waals surface area contributed by atoms with E-state index >= 15 is 0 Å². The van der Waals surface area contributed by atoms with Crippen LogP contribution in [0, 0.1) is 0 Å². The molecule has 0 saturated carbocycles. The van der Waals surface area contributed by atoms with Gasteiger partial charge in [-0.2, -0.15) is 0 Å². The van der Waals surface area contributed by atoms with E-state index in [2.05, 4.69) is 28.2 Å². The van der Waals surface area contributed by atoms with Crippen LogP contribution in [-0.4, -0.2) is 55.6 Å². The number of hydrogen-bond donors (Lipinski definition) is 1. The van der Waals surface area contributed by atoms with E-state index in [0.29, 0.717) is 6.54 Å². The highest BCUT2D eigenvalue weighted by Gasteiger charge is 2.17. The highest BCUT2D eigenvalue weighted by atomic mass is 16.2. The summed E-state index contributed by atoms with van der Waals surface area (Å²) < 4.78 is 0. The number of hydrogen-bond acceptors (Lipinski definition) is 4. The molecule has 1 aromatic heterocycles. The third kappa shape index (κ3) is 4.61. The molecule has 3 rings (SSSR count). The minimum absolute atomic E-state index is 0.0765. The standard InChI is InChI=1S/C21H28N4O/c1-3-17-14-18(16-20(15-17)25-12-9-22-10-13-25)21(26)24(2)11-7-19-6-4-5-8-23-19/h4-6,8,14-16,22H,3,7,9-13H2,1-2H3. The van der Waals surface area contributed by atoms with Crippen molar-refractivity contribution < 1.29 is 4.79 Å². The fourth-order valence-corrected chi connectivity index (χ4v) is 3.26. The maximum atomic E-state index is 12.9. The first kappa shape index (κ1) is 18.4. The lowest BCUT2D eigenvalue weighted by Crippen LogP contribution is -2.43. The van der Waals surface area contributed by atoms with Gasteiger partial charge in [-0.05, 0) is 42.3 Å². The van der Waals surface area contributed by atoms with Crippen LogP contribution in [0.1, 0.15) is 28.5 Å². The summed E-state index contributed by atoms with van der Waals surface area (Å²) in [5.74, 6) is 0.0765. The number of aromatic nitrogens is 1. The topological polar surface area (TPSA) is 48.5 Å². The maximum Gasteiger partial charge on any atom is 0.253 e. The van der Waals surface area contributed by atoms with Gasteiger partial charge in [0.15, 0.2) is 0 Å². The van der Waals surface area contributed by atoms with Gasteiger partial charge in [0.2, 0.25) is 0 Å². The van der Waals surface area contributed by atoms with E-state index in [1.165, 1.54) is 5.56 Å². The van der Waals surface area contributed by atoms with Crippen LogP contribution in [0.5, 0.6) is 0 Å². The molecule has 5 nitrogen and oxygen atoms in total. The Morgan fingerprint density at radius 1 is 1.23 bits per heavy atom. The monoisotopic (exact) mass is 352 g/mol. The van der Waals surface area contributed by atoms with Gasteiger partial charge in [0.25, 0.3) is 5.91 Å². The number of nitrogens with zero attached hydrogens (tertiary/aromatic N) is 3. The molecule has 1 fully saturated rings. The van der Waals surface area contributed by atoms with E-state index in [0.717, 1.165) is 56.0 Å². The van der Waals surface area contributed by atoms with Crippen molar-refractivity contribution in [3.8, 4) is 0 Å². The smallest absolute Gasteiger partial charge is 0.253 e. The molecule has 1 saturated heterocycles. The second-order valence-electron chi connectivity index (χ2n) is 6.78. The number of carbonyl (C=O) groups is 1. The molecule has 0 radical (unpaired) electrons. The van der Waals surface area contributed by atoms with E-state index < -0.39 is 0 Å². The average molecular weight is 352 g/mol. The fraction of sp³-hybridized carbons (Fsp3) is 0.429. The number of rotatable bonds is 6. The molecule has 2 aromatic rings. The largest absolute Gasteiger partial charge is 0.369 e. The molecule has 0 aliphatic carbocycles. The first-order chi connectivity index (χ1) is 12.7. The van der Waals surface area contributed by atoms with Crippen LogP contribution >= 0.6 is 0 Å². The Hall–Kier alpha value is -2.40. The van der Waals surface area contributed by atoms with Gasteiger partial charge in [-0.15, -0.1) is 0 Å². The van der Waals surface area contributed by atoms with Crippen molar-refractivity contribution in [2.45, 2.75) is 19.8 Å². The lowest BCUT2D eigenvalue weighted by atomic mass is 10.0. The van der Waals surface area contributed by atoms with Crippen LogP contribution in [-0.2, 0) is 12.8 Å². The lowest BCUT2D eigenvalue weighted by molar-refractivity contribution is 0.0796. The van der Waals surface area contributed by atoms with E-state index in [4.69, 9.17) is 0 Å². The van der Waals surface area contributed by atoms with Crippen LogP contribution in [0.2, 0.25) is 0 Å². The summed E-state index contributed by atoms with van der Waals surface area (Å²) in [6, 6.07) is 12.2. The quantitative estimate of drug-likeness (QED) is 0.867. The maximum absolute atomic E-state index is 12.9. The third-order valence-corrected chi connectivity index (χ3v) is 4.89. The van der Waals surface area contributed by atoms with Crippen LogP contribution in [0.15, 0.2) is 42.6 Å². The summed E-state index contributed by atoms with van der Waals surface area (Å²) in [5, 5.41) is 3.38. The molecule has 0 bridgehead atoms. The fourth-order valence-electron chi connectivity index (χ4n) is 3.26. The zero-order valence-electron chi connectivity index (χ0n) is 15.7. The SMILES string of the molecule is CCc1cc(C(=O)N(C)CCc2ccccn2)cc(N2CCNCC2)c1. The lowest BCUT2D eigenvalue weighted by Gasteiger charge is -2.30. The molecule has 1 aliphatic heterocycles. The minimum atomic E-state index is 0.0765. The van der Waals surface area contributed by atoms with E-state index in [1.54, 1.807) is 11.1 Å². The predicted molar refractivity (Wildman–Crippen MR) is 106 cm³/mol. The summed E-state index contributed by atoms with van der Waals surface area (Å²) >= 11 is 0. The molecule has 0 spiro atoms.